The number of amides is 1. The topological polar surface area (TPSA) is 105 Å². The van der Waals surface area contributed by atoms with Gasteiger partial charge < -0.3 is 9.64 Å². The monoisotopic (exact) mass is 504 g/mol. The zero-order valence-electron chi connectivity index (χ0n) is 18.9. The van der Waals surface area contributed by atoms with Gasteiger partial charge in [0.25, 0.3) is 10.0 Å². The van der Waals surface area contributed by atoms with Gasteiger partial charge in [-0.25, -0.2) is 26.6 Å². The van der Waals surface area contributed by atoms with E-state index in [0.29, 0.717) is 0 Å². The van der Waals surface area contributed by atoms with E-state index in [2.05, 4.69) is 4.98 Å². The third kappa shape index (κ3) is 4.90. The Morgan fingerprint density at radius 3 is 2.62 bits per heavy atom. The van der Waals surface area contributed by atoms with Gasteiger partial charge in [0, 0.05) is 36.1 Å². The van der Waals surface area contributed by atoms with Crippen LogP contribution in [0.15, 0.2) is 53.7 Å². The highest BCUT2D eigenvalue weighted by Crippen LogP contribution is 2.34. The Labute approximate surface area is 202 Å². The molecule has 0 aliphatic carbocycles. The molecule has 3 aromatic rings. The molecule has 0 radical (unpaired) electrons. The second-order valence-corrected chi connectivity index (χ2v) is 10.6. The van der Waals surface area contributed by atoms with Crippen LogP contribution in [0.5, 0.6) is 0 Å². The molecule has 2 heterocycles. The van der Waals surface area contributed by atoms with E-state index < -0.39 is 34.1 Å². The number of nitrogens with zero attached hydrogens (tertiary/aromatic N) is 4. The molecule has 178 valence electrons. The first-order valence-electron chi connectivity index (χ1n) is 10.0. The molecule has 0 N–H and O–H groups in total. The van der Waals surface area contributed by atoms with Gasteiger partial charge in [0.1, 0.15) is 17.5 Å². The Balaban J connectivity index is 2.13. The quantitative estimate of drug-likeness (QED) is 0.461. The van der Waals surface area contributed by atoms with Crippen molar-refractivity contribution in [3.8, 4) is 17.3 Å². The first-order valence-corrected chi connectivity index (χ1v) is 11.9. The minimum absolute atomic E-state index is 0.0334. The summed E-state index contributed by atoms with van der Waals surface area (Å²) in [5.74, 6) is -0.930. The van der Waals surface area contributed by atoms with Crippen LogP contribution in [0.25, 0.3) is 11.3 Å². The molecule has 0 aliphatic heterocycles. The molecule has 34 heavy (non-hydrogen) atoms. The molecule has 3 rings (SSSR count). The standard InChI is InChI=1S/C23H22ClFN4O4S/c1-23(2,3)28(4)22(30)33-14-16-13-29(20(19(16)25)18-9-6-10-27-21(18)24)34(31,32)17-8-5-7-15(11-17)12-26/h5-11,13H,14H2,1-4H3. The molecule has 0 fully saturated rings. The maximum Gasteiger partial charge on any atom is 0.410 e. The summed E-state index contributed by atoms with van der Waals surface area (Å²) in [4.78, 5) is 17.4. The molecule has 0 unspecified atom stereocenters. The van der Waals surface area contributed by atoms with Gasteiger partial charge in [-0.15, -0.1) is 0 Å². The third-order valence-electron chi connectivity index (χ3n) is 5.15. The molecule has 0 atom stereocenters. The van der Waals surface area contributed by atoms with Gasteiger partial charge in [-0.3, -0.25) is 0 Å². The summed E-state index contributed by atoms with van der Waals surface area (Å²) in [5, 5.41) is 9.04. The molecule has 8 nitrogen and oxygen atoms in total. The van der Waals surface area contributed by atoms with Crippen LogP contribution in [0, 0.1) is 17.1 Å². The second-order valence-electron chi connectivity index (χ2n) is 8.38. The lowest BCUT2D eigenvalue weighted by molar-refractivity contribution is 0.0753. The molecular weight excluding hydrogens is 483 g/mol. The Hall–Kier alpha value is -3.42. The first kappa shape index (κ1) is 25.2. The maximum absolute atomic E-state index is 15.6. The average molecular weight is 505 g/mol. The van der Waals surface area contributed by atoms with Crippen molar-refractivity contribution in [3.05, 3.63) is 70.9 Å². The van der Waals surface area contributed by atoms with Crippen LogP contribution in [0.1, 0.15) is 31.9 Å². The van der Waals surface area contributed by atoms with Crippen molar-refractivity contribution in [1.82, 2.24) is 13.9 Å². The van der Waals surface area contributed by atoms with Crippen LogP contribution in [0.3, 0.4) is 0 Å². The maximum atomic E-state index is 15.6. The van der Waals surface area contributed by atoms with Crippen LogP contribution in [0.2, 0.25) is 5.15 Å². The number of halogens is 2. The number of rotatable bonds is 5. The number of hydrogen-bond donors (Lipinski definition) is 0. The second kappa shape index (κ2) is 9.44. The summed E-state index contributed by atoms with van der Waals surface area (Å²) in [6.45, 7) is 4.89. The van der Waals surface area contributed by atoms with Crippen LogP contribution in [0.4, 0.5) is 9.18 Å². The van der Waals surface area contributed by atoms with E-state index in [4.69, 9.17) is 21.6 Å². The minimum Gasteiger partial charge on any atom is -0.444 e. The fraction of sp³-hybridized carbons (Fsp3) is 0.261. The Morgan fingerprint density at radius 2 is 2.00 bits per heavy atom. The predicted octanol–water partition coefficient (Wildman–Crippen LogP) is 4.82. The van der Waals surface area contributed by atoms with Gasteiger partial charge in [-0.1, -0.05) is 17.7 Å². The fourth-order valence-corrected chi connectivity index (χ4v) is 4.60. The van der Waals surface area contributed by atoms with E-state index in [1.165, 1.54) is 54.5 Å². The third-order valence-corrected chi connectivity index (χ3v) is 7.11. The van der Waals surface area contributed by atoms with Crippen LogP contribution in [-0.2, 0) is 21.4 Å². The zero-order chi connectivity index (χ0) is 25.3. The van der Waals surface area contributed by atoms with E-state index in [1.54, 1.807) is 20.8 Å². The predicted molar refractivity (Wildman–Crippen MR) is 124 cm³/mol. The van der Waals surface area contributed by atoms with Crippen LogP contribution < -0.4 is 0 Å². The largest absolute Gasteiger partial charge is 0.444 e. The molecule has 0 saturated carbocycles. The van der Waals surface area contributed by atoms with E-state index in [9.17, 15) is 13.2 Å². The number of carbonyl (C=O) groups is 1. The SMILES string of the molecule is CN(C(=O)OCc1cn(S(=O)(=O)c2cccc(C#N)c2)c(-c2cccnc2Cl)c1F)C(C)(C)C. The molecule has 0 saturated heterocycles. The fourth-order valence-electron chi connectivity index (χ4n) is 2.95. The highest BCUT2D eigenvalue weighted by Gasteiger charge is 2.30. The van der Waals surface area contributed by atoms with Crippen LogP contribution >= 0.6 is 11.6 Å². The molecule has 2 aromatic heterocycles. The van der Waals surface area contributed by atoms with E-state index in [1.807, 2.05) is 6.07 Å². The Bertz CT molecular complexity index is 1390. The number of ether oxygens (including phenoxy) is 1. The summed E-state index contributed by atoms with van der Waals surface area (Å²) in [6, 6.07) is 10.1. The van der Waals surface area contributed by atoms with Crippen LogP contribution in [-0.4, -0.2) is 41.0 Å². The van der Waals surface area contributed by atoms with Crippen molar-refractivity contribution >= 4 is 27.7 Å². The summed E-state index contributed by atoms with van der Waals surface area (Å²) < 4.78 is 48.5. The lowest BCUT2D eigenvalue weighted by Crippen LogP contribution is -2.42. The van der Waals surface area contributed by atoms with Gasteiger partial charge in [0.15, 0.2) is 5.82 Å². The minimum atomic E-state index is -4.36. The highest BCUT2D eigenvalue weighted by molar-refractivity contribution is 7.90. The Morgan fingerprint density at radius 1 is 1.29 bits per heavy atom. The molecular formula is C23H22ClFN4O4S. The Kier molecular flexibility index (Phi) is 7.00. The van der Waals surface area contributed by atoms with Gasteiger partial charge >= 0.3 is 6.09 Å². The van der Waals surface area contributed by atoms with Crippen molar-refractivity contribution in [2.24, 2.45) is 0 Å². The van der Waals surface area contributed by atoms with Crippen molar-refractivity contribution < 1.29 is 22.3 Å². The van der Waals surface area contributed by atoms with Crippen molar-refractivity contribution in [2.75, 3.05) is 7.05 Å². The van der Waals surface area contributed by atoms with Gasteiger partial charge in [0.05, 0.1) is 16.5 Å². The summed E-state index contributed by atoms with van der Waals surface area (Å²) in [7, 11) is -2.82. The van der Waals surface area contributed by atoms with Gasteiger partial charge in [-0.2, -0.15) is 5.26 Å². The van der Waals surface area contributed by atoms with E-state index in [0.717, 1.165) is 10.2 Å². The number of carbonyl (C=O) groups excluding carboxylic acids is 1. The van der Waals surface area contributed by atoms with Gasteiger partial charge in [-0.05, 0) is 51.1 Å². The number of aromatic nitrogens is 2. The zero-order valence-corrected chi connectivity index (χ0v) is 20.5. The number of hydrogen-bond acceptors (Lipinski definition) is 6. The van der Waals surface area contributed by atoms with E-state index in [-0.39, 0.29) is 32.4 Å². The number of benzene rings is 1. The molecule has 0 aliphatic rings. The highest BCUT2D eigenvalue weighted by atomic mass is 35.5. The van der Waals surface area contributed by atoms with E-state index >= 15 is 4.39 Å². The number of nitriles is 1. The van der Waals surface area contributed by atoms with Gasteiger partial charge in [0.2, 0.25) is 0 Å². The van der Waals surface area contributed by atoms with Crippen molar-refractivity contribution in [2.45, 2.75) is 37.8 Å². The average Bonchev–Trinajstić information content (AvgIpc) is 3.13. The lowest BCUT2D eigenvalue weighted by Gasteiger charge is -2.30. The first-order chi connectivity index (χ1) is 15.9. The molecule has 1 amide bonds. The summed E-state index contributed by atoms with van der Waals surface area (Å²) in [5.41, 5.74) is -0.924. The lowest BCUT2D eigenvalue weighted by atomic mass is 10.1. The molecule has 0 bridgehead atoms. The number of pyridine rings is 1. The van der Waals surface area contributed by atoms with Crippen molar-refractivity contribution in [3.63, 3.8) is 0 Å². The normalized spacial score (nSPS) is 11.7. The molecule has 11 heteroatoms. The summed E-state index contributed by atoms with van der Waals surface area (Å²) in [6.07, 6.45) is 1.71. The van der Waals surface area contributed by atoms with Crippen molar-refractivity contribution in [1.29, 1.82) is 5.26 Å². The molecule has 1 aromatic carbocycles. The summed E-state index contributed by atoms with van der Waals surface area (Å²) >= 11 is 6.15. The molecule has 0 spiro atoms. The smallest absolute Gasteiger partial charge is 0.410 e.